The number of aliphatic hydroxyl groups is 1. The van der Waals surface area contributed by atoms with E-state index in [-0.39, 0.29) is 12.6 Å². The predicted molar refractivity (Wildman–Crippen MR) is 42.4 cm³/mol. The van der Waals surface area contributed by atoms with Gasteiger partial charge in [-0.1, -0.05) is 0 Å². The summed E-state index contributed by atoms with van der Waals surface area (Å²) in [4.78, 5) is 0. The lowest BCUT2D eigenvalue weighted by Crippen LogP contribution is -2.30. The molecule has 0 bridgehead atoms. The minimum absolute atomic E-state index is 0.0331. The van der Waals surface area contributed by atoms with Crippen LogP contribution < -0.4 is 5.73 Å². The van der Waals surface area contributed by atoms with Crippen LogP contribution in [0.1, 0.15) is 6.92 Å². The standard InChI is InChI=1S/C7H17NO3/c1-2-10-3-4-11-6-7(8)5-9/h7,9H,2-6,8H2,1H3. The second-order valence-electron chi connectivity index (χ2n) is 2.21. The van der Waals surface area contributed by atoms with Crippen LogP contribution in [0.15, 0.2) is 0 Å². The molecule has 0 saturated heterocycles. The zero-order valence-corrected chi connectivity index (χ0v) is 6.95. The molecule has 0 aliphatic heterocycles. The molecule has 0 aromatic carbocycles. The van der Waals surface area contributed by atoms with Gasteiger partial charge in [-0.2, -0.15) is 0 Å². The van der Waals surface area contributed by atoms with Crippen LogP contribution in [0, 0.1) is 0 Å². The Morgan fingerprint density at radius 2 is 2.00 bits per heavy atom. The first kappa shape index (κ1) is 10.8. The Morgan fingerprint density at radius 1 is 1.36 bits per heavy atom. The van der Waals surface area contributed by atoms with Crippen molar-refractivity contribution in [1.82, 2.24) is 0 Å². The molecular weight excluding hydrogens is 146 g/mol. The smallest absolute Gasteiger partial charge is 0.0701 e. The Labute approximate surface area is 67.3 Å². The van der Waals surface area contributed by atoms with E-state index in [4.69, 9.17) is 20.3 Å². The molecule has 0 aromatic rings. The Hall–Kier alpha value is -0.160. The SMILES string of the molecule is CCOCCOCC(N)CO. The molecule has 0 aliphatic rings. The number of ether oxygens (including phenoxy) is 2. The summed E-state index contributed by atoms with van der Waals surface area (Å²) in [5.41, 5.74) is 5.37. The van der Waals surface area contributed by atoms with Crippen molar-refractivity contribution in [3.8, 4) is 0 Å². The summed E-state index contributed by atoms with van der Waals surface area (Å²) in [6, 6.07) is -0.267. The number of rotatable bonds is 7. The lowest BCUT2D eigenvalue weighted by Gasteiger charge is -2.08. The van der Waals surface area contributed by atoms with E-state index in [1.165, 1.54) is 0 Å². The zero-order valence-electron chi connectivity index (χ0n) is 6.95. The second kappa shape index (κ2) is 7.94. The molecule has 0 fully saturated rings. The minimum Gasteiger partial charge on any atom is -0.395 e. The molecule has 0 aromatic heterocycles. The summed E-state index contributed by atoms with van der Waals surface area (Å²) in [5.74, 6) is 0. The third-order valence-corrected chi connectivity index (χ3v) is 1.14. The highest BCUT2D eigenvalue weighted by atomic mass is 16.5. The summed E-state index contributed by atoms with van der Waals surface area (Å²) in [6.07, 6.45) is 0. The first-order chi connectivity index (χ1) is 5.31. The number of aliphatic hydroxyl groups excluding tert-OH is 1. The van der Waals surface area contributed by atoms with Crippen molar-refractivity contribution in [2.75, 3.05) is 33.0 Å². The van der Waals surface area contributed by atoms with Crippen LogP contribution in [0.25, 0.3) is 0 Å². The normalized spacial score (nSPS) is 13.4. The van der Waals surface area contributed by atoms with Crippen molar-refractivity contribution in [1.29, 1.82) is 0 Å². The monoisotopic (exact) mass is 163 g/mol. The van der Waals surface area contributed by atoms with Gasteiger partial charge in [0.25, 0.3) is 0 Å². The number of hydrogen-bond donors (Lipinski definition) is 2. The van der Waals surface area contributed by atoms with Crippen LogP contribution in [0.3, 0.4) is 0 Å². The molecular formula is C7H17NO3. The van der Waals surface area contributed by atoms with E-state index < -0.39 is 0 Å². The zero-order chi connectivity index (χ0) is 8.53. The summed E-state index contributed by atoms with van der Waals surface area (Å²) in [6.45, 7) is 4.13. The molecule has 0 heterocycles. The van der Waals surface area contributed by atoms with Crippen LogP contribution >= 0.6 is 0 Å². The van der Waals surface area contributed by atoms with Crippen molar-refractivity contribution in [2.45, 2.75) is 13.0 Å². The summed E-state index contributed by atoms with van der Waals surface area (Å²) < 4.78 is 10.1. The van der Waals surface area contributed by atoms with Gasteiger partial charge in [0.05, 0.1) is 32.5 Å². The van der Waals surface area contributed by atoms with Gasteiger partial charge >= 0.3 is 0 Å². The van der Waals surface area contributed by atoms with Gasteiger partial charge in [0.2, 0.25) is 0 Å². The van der Waals surface area contributed by atoms with Crippen LogP contribution in [-0.2, 0) is 9.47 Å². The molecule has 3 N–H and O–H groups in total. The lowest BCUT2D eigenvalue weighted by molar-refractivity contribution is 0.0409. The topological polar surface area (TPSA) is 64.7 Å². The van der Waals surface area contributed by atoms with Crippen LogP contribution in [0.4, 0.5) is 0 Å². The van der Waals surface area contributed by atoms with Gasteiger partial charge in [-0.3, -0.25) is 0 Å². The molecule has 0 rings (SSSR count). The third kappa shape index (κ3) is 7.74. The molecule has 68 valence electrons. The van der Waals surface area contributed by atoms with E-state index in [9.17, 15) is 0 Å². The highest BCUT2D eigenvalue weighted by Crippen LogP contribution is 1.81. The fourth-order valence-electron chi connectivity index (χ4n) is 0.550. The highest BCUT2D eigenvalue weighted by molar-refractivity contribution is 4.55. The van der Waals surface area contributed by atoms with Crippen LogP contribution in [0.5, 0.6) is 0 Å². The summed E-state index contributed by atoms with van der Waals surface area (Å²) in [7, 11) is 0. The van der Waals surface area contributed by atoms with Crippen molar-refractivity contribution in [3.63, 3.8) is 0 Å². The van der Waals surface area contributed by atoms with Gasteiger partial charge in [-0.05, 0) is 6.92 Å². The Balaban J connectivity index is 2.89. The van der Waals surface area contributed by atoms with Gasteiger partial charge in [0.1, 0.15) is 0 Å². The molecule has 1 unspecified atom stereocenters. The fraction of sp³-hybridized carbons (Fsp3) is 1.00. The quantitative estimate of drug-likeness (QED) is 0.490. The molecule has 1 atom stereocenters. The molecule has 11 heavy (non-hydrogen) atoms. The van der Waals surface area contributed by atoms with Crippen molar-refractivity contribution in [3.05, 3.63) is 0 Å². The number of nitrogens with two attached hydrogens (primary N) is 1. The van der Waals surface area contributed by atoms with Crippen molar-refractivity contribution in [2.24, 2.45) is 5.73 Å². The molecule has 0 spiro atoms. The maximum Gasteiger partial charge on any atom is 0.0701 e. The first-order valence-electron chi connectivity index (χ1n) is 3.83. The van der Waals surface area contributed by atoms with Gasteiger partial charge in [-0.15, -0.1) is 0 Å². The van der Waals surface area contributed by atoms with Gasteiger partial charge in [0.15, 0.2) is 0 Å². The minimum atomic E-state index is -0.267. The maximum atomic E-state index is 8.50. The second-order valence-corrected chi connectivity index (χ2v) is 2.21. The molecule has 0 amide bonds. The van der Waals surface area contributed by atoms with Gasteiger partial charge in [-0.25, -0.2) is 0 Å². The van der Waals surface area contributed by atoms with E-state index in [0.717, 1.165) is 0 Å². The molecule has 0 saturated carbocycles. The highest BCUT2D eigenvalue weighted by Gasteiger charge is 1.98. The average molecular weight is 163 g/mol. The van der Waals surface area contributed by atoms with Crippen molar-refractivity contribution >= 4 is 0 Å². The lowest BCUT2D eigenvalue weighted by atomic mass is 10.4. The first-order valence-corrected chi connectivity index (χ1v) is 3.83. The van der Waals surface area contributed by atoms with Gasteiger partial charge in [0, 0.05) is 6.61 Å². The van der Waals surface area contributed by atoms with Crippen LogP contribution in [-0.4, -0.2) is 44.2 Å². The average Bonchev–Trinajstić information content (AvgIpc) is 2.04. The van der Waals surface area contributed by atoms with E-state index in [0.29, 0.717) is 26.4 Å². The number of hydrogen-bond acceptors (Lipinski definition) is 4. The predicted octanol–water partition coefficient (Wildman–Crippen LogP) is -0.641. The van der Waals surface area contributed by atoms with Crippen LogP contribution in [0.2, 0.25) is 0 Å². The van der Waals surface area contributed by atoms with E-state index in [1.807, 2.05) is 6.92 Å². The Kier molecular flexibility index (Phi) is 7.83. The molecule has 0 radical (unpaired) electrons. The molecule has 0 aliphatic carbocycles. The maximum absolute atomic E-state index is 8.50. The third-order valence-electron chi connectivity index (χ3n) is 1.14. The molecule has 4 nitrogen and oxygen atoms in total. The summed E-state index contributed by atoms with van der Waals surface area (Å²) in [5, 5.41) is 8.50. The largest absolute Gasteiger partial charge is 0.395 e. The Bertz CT molecular complexity index is 80.1. The van der Waals surface area contributed by atoms with E-state index in [2.05, 4.69) is 0 Å². The van der Waals surface area contributed by atoms with E-state index in [1.54, 1.807) is 0 Å². The Morgan fingerprint density at radius 3 is 2.55 bits per heavy atom. The fourth-order valence-corrected chi connectivity index (χ4v) is 0.550. The summed E-state index contributed by atoms with van der Waals surface area (Å²) >= 11 is 0. The van der Waals surface area contributed by atoms with E-state index >= 15 is 0 Å². The molecule has 4 heteroatoms. The van der Waals surface area contributed by atoms with Crippen molar-refractivity contribution < 1.29 is 14.6 Å². The van der Waals surface area contributed by atoms with Gasteiger partial charge < -0.3 is 20.3 Å².